The van der Waals surface area contributed by atoms with E-state index < -0.39 is 0 Å². The molecule has 1 aliphatic heterocycles. The summed E-state index contributed by atoms with van der Waals surface area (Å²) in [5.74, 6) is 1.89. The molecular formula is C15H30N2. The molecule has 1 aliphatic carbocycles. The smallest absolute Gasteiger partial charge is 0.0198 e. The molecule has 1 saturated heterocycles. The lowest BCUT2D eigenvalue weighted by Gasteiger charge is -2.41. The fourth-order valence-corrected chi connectivity index (χ4v) is 3.53. The zero-order valence-electron chi connectivity index (χ0n) is 11.9. The molecule has 2 heteroatoms. The molecule has 100 valence electrons. The van der Waals surface area contributed by atoms with E-state index in [1.165, 1.54) is 51.7 Å². The maximum absolute atomic E-state index is 3.73. The average Bonchev–Trinajstić information content (AvgIpc) is 3.11. The summed E-state index contributed by atoms with van der Waals surface area (Å²) in [5.41, 5.74) is 0. The second-order valence-electron chi connectivity index (χ2n) is 6.26. The first-order valence-electron chi connectivity index (χ1n) is 7.72. The molecule has 1 saturated carbocycles. The maximum atomic E-state index is 3.73. The van der Waals surface area contributed by atoms with E-state index >= 15 is 0 Å². The molecule has 2 nitrogen and oxygen atoms in total. The van der Waals surface area contributed by atoms with Crippen molar-refractivity contribution in [2.24, 2.45) is 11.8 Å². The van der Waals surface area contributed by atoms with Gasteiger partial charge in [-0.05, 0) is 50.5 Å². The summed E-state index contributed by atoms with van der Waals surface area (Å²) in [6, 6.07) is 1.62. The minimum Gasteiger partial charge on any atom is -0.313 e. The van der Waals surface area contributed by atoms with Crippen molar-refractivity contribution in [2.45, 2.75) is 65.0 Å². The quantitative estimate of drug-likeness (QED) is 0.765. The van der Waals surface area contributed by atoms with Crippen molar-refractivity contribution in [1.29, 1.82) is 0 Å². The van der Waals surface area contributed by atoms with Gasteiger partial charge in [0.1, 0.15) is 0 Å². The first kappa shape index (κ1) is 13.4. The van der Waals surface area contributed by atoms with Crippen LogP contribution < -0.4 is 5.32 Å². The molecule has 1 N–H and O–H groups in total. The minimum absolute atomic E-state index is 0.742. The second-order valence-corrected chi connectivity index (χ2v) is 6.26. The molecule has 0 aromatic rings. The predicted molar refractivity (Wildman–Crippen MR) is 74.2 cm³/mol. The molecule has 0 radical (unpaired) electrons. The normalized spacial score (nSPS) is 32.6. The van der Waals surface area contributed by atoms with Gasteiger partial charge in [-0.15, -0.1) is 0 Å². The van der Waals surface area contributed by atoms with Gasteiger partial charge in [0, 0.05) is 25.2 Å². The highest BCUT2D eigenvalue weighted by molar-refractivity contribution is 4.92. The molecule has 2 fully saturated rings. The summed E-state index contributed by atoms with van der Waals surface area (Å²) >= 11 is 0. The summed E-state index contributed by atoms with van der Waals surface area (Å²) in [6.07, 6.45) is 6.94. The van der Waals surface area contributed by atoms with Crippen molar-refractivity contribution < 1.29 is 0 Å². The summed E-state index contributed by atoms with van der Waals surface area (Å²) in [7, 11) is 0. The molecule has 2 aliphatic rings. The van der Waals surface area contributed by atoms with Crippen molar-refractivity contribution in [2.75, 3.05) is 19.6 Å². The van der Waals surface area contributed by atoms with E-state index in [1.54, 1.807) is 0 Å². The summed E-state index contributed by atoms with van der Waals surface area (Å²) in [5, 5.41) is 3.73. The van der Waals surface area contributed by atoms with Crippen LogP contribution in [0.3, 0.4) is 0 Å². The van der Waals surface area contributed by atoms with Gasteiger partial charge in [0.25, 0.3) is 0 Å². The topological polar surface area (TPSA) is 15.3 Å². The van der Waals surface area contributed by atoms with Gasteiger partial charge < -0.3 is 5.32 Å². The zero-order chi connectivity index (χ0) is 12.3. The zero-order valence-corrected chi connectivity index (χ0v) is 11.9. The molecule has 0 bridgehead atoms. The van der Waals surface area contributed by atoms with E-state index in [0.29, 0.717) is 0 Å². The van der Waals surface area contributed by atoms with Crippen LogP contribution in [0, 0.1) is 11.8 Å². The third-order valence-electron chi connectivity index (χ3n) is 4.42. The Labute approximate surface area is 107 Å². The lowest BCUT2D eigenvalue weighted by molar-refractivity contribution is 0.0899. The molecule has 3 atom stereocenters. The van der Waals surface area contributed by atoms with Crippen LogP contribution in [0.4, 0.5) is 0 Å². The number of rotatable bonds is 6. The van der Waals surface area contributed by atoms with Gasteiger partial charge in [-0.2, -0.15) is 0 Å². The Kier molecular flexibility index (Phi) is 4.87. The van der Waals surface area contributed by atoms with Crippen LogP contribution in [0.25, 0.3) is 0 Å². The Morgan fingerprint density at radius 2 is 2.00 bits per heavy atom. The van der Waals surface area contributed by atoms with E-state index in [2.05, 4.69) is 31.0 Å². The molecule has 0 aromatic heterocycles. The molecule has 1 heterocycles. The summed E-state index contributed by atoms with van der Waals surface area (Å²) < 4.78 is 0. The fraction of sp³-hybridized carbons (Fsp3) is 1.00. The van der Waals surface area contributed by atoms with Crippen molar-refractivity contribution in [3.8, 4) is 0 Å². The average molecular weight is 238 g/mol. The predicted octanol–water partition coefficient (Wildman–Crippen LogP) is 2.89. The Morgan fingerprint density at radius 1 is 1.24 bits per heavy atom. The summed E-state index contributed by atoms with van der Waals surface area (Å²) in [4.78, 5) is 2.79. The van der Waals surface area contributed by atoms with E-state index in [-0.39, 0.29) is 0 Å². The van der Waals surface area contributed by atoms with Gasteiger partial charge in [-0.25, -0.2) is 0 Å². The second kappa shape index (κ2) is 6.19. The van der Waals surface area contributed by atoms with Gasteiger partial charge in [0.15, 0.2) is 0 Å². The molecular weight excluding hydrogens is 208 g/mol. The highest BCUT2D eigenvalue weighted by Crippen LogP contribution is 2.38. The third-order valence-corrected chi connectivity index (χ3v) is 4.42. The minimum atomic E-state index is 0.742. The van der Waals surface area contributed by atoms with Crippen molar-refractivity contribution in [1.82, 2.24) is 10.2 Å². The van der Waals surface area contributed by atoms with E-state index in [0.717, 1.165) is 23.9 Å². The van der Waals surface area contributed by atoms with Crippen LogP contribution in [-0.2, 0) is 0 Å². The monoisotopic (exact) mass is 238 g/mol. The van der Waals surface area contributed by atoms with Gasteiger partial charge in [0.2, 0.25) is 0 Å². The Bertz CT molecular complexity index is 225. The van der Waals surface area contributed by atoms with Crippen LogP contribution in [0.2, 0.25) is 0 Å². The lowest BCUT2D eigenvalue weighted by Crippen LogP contribution is -2.52. The molecule has 17 heavy (non-hydrogen) atoms. The van der Waals surface area contributed by atoms with Crippen LogP contribution in [-0.4, -0.2) is 36.6 Å². The molecule has 0 amide bonds. The number of likely N-dealkylation sites (tertiary alicyclic amines) is 1. The highest BCUT2D eigenvalue weighted by Gasteiger charge is 2.37. The van der Waals surface area contributed by atoms with Crippen molar-refractivity contribution in [3.63, 3.8) is 0 Å². The Balaban J connectivity index is 1.87. The number of nitrogens with zero attached hydrogens (tertiary/aromatic N) is 1. The number of hydrogen-bond acceptors (Lipinski definition) is 2. The maximum Gasteiger partial charge on any atom is 0.0198 e. The number of nitrogens with one attached hydrogen (secondary N) is 1. The van der Waals surface area contributed by atoms with Gasteiger partial charge in [-0.1, -0.05) is 20.8 Å². The SMILES string of the molecule is CCCNC1CC(C)CN(C(CC)C2CC2)C1. The lowest BCUT2D eigenvalue weighted by atomic mass is 9.93. The van der Waals surface area contributed by atoms with Crippen LogP contribution in [0.5, 0.6) is 0 Å². The molecule has 0 spiro atoms. The molecule has 3 unspecified atom stereocenters. The number of piperidine rings is 1. The fourth-order valence-electron chi connectivity index (χ4n) is 3.53. The van der Waals surface area contributed by atoms with Crippen LogP contribution >= 0.6 is 0 Å². The standard InChI is InChI=1S/C15H30N2/c1-4-8-16-14-9-12(3)10-17(11-14)15(5-2)13-6-7-13/h12-16H,4-11H2,1-3H3. The van der Waals surface area contributed by atoms with Crippen LogP contribution in [0.1, 0.15) is 52.9 Å². The molecule has 0 aromatic carbocycles. The van der Waals surface area contributed by atoms with E-state index in [9.17, 15) is 0 Å². The summed E-state index contributed by atoms with van der Waals surface area (Å²) in [6.45, 7) is 10.9. The van der Waals surface area contributed by atoms with E-state index in [4.69, 9.17) is 0 Å². The van der Waals surface area contributed by atoms with E-state index in [1.807, 2.05) is 0 Å². The van der Waals surface area contributed by atoms with Gasteiger partial charge in [0.05, 0.1) is 0 Å². The van der Waals surface area contributed by atoms with Crippen LogP contribution in [0.15, 0.2) is 0 Å². The Hall–Kier alpha value is -0.0800. The first-order valence-corrected chi connectivity index (χ1v) is 7.72. The van der Waals surface area contributed by atoms with Crippen molar-refractivity contribution in [3.05, 3.63) is 0 Å². The largest absolute Gasteiger partial charge is 0.313 e. The van der Waals surface area contributed by atoms with Gasteiger partial charge >= 0.3 is 0 Å². The first-order chi connectivity index (χ1) is 8.24. The Morgan fingerprint density at radius 3 is 2.59 bits per heavy atom. The van der Waals surface area contributed by atoms with Crippen molar-refractivity contribution >= 4 is 0 Å². The molecule has 2 rings (SSSR count). The van der Waals surface area contributed by atoms with Gasteiger partial charge in [-0.3, -0.25) is 4.90 Å². The third kappa shape index (κ3) is 3.69. The highest BCUT2D eigenvalue weighted by atomic mass is 15.2. The number of hydrogen-bond donors (Lipinski definition) is 1.